The van der Waals surface area contributed by atoms with Crippen LogP contribution in [0.25, 0.3) is 0 Å². The molecule has 0 spiro atoms. The van der Waals surface area contributed by atoms with Crippen LogP contribution in [0, 0.1) is 0 Å². The Bertz CT molecular complexity index is 764. The smallest absolute Gasteiger partial charge is 0.244 e. The number of para-hydroxylation sites is 2. The molecule has 26 heavy (non-hydrogen) atoms. The van der Waals surface area contributed by atoms with Crippen molar-refractivity contribution in [1.82, 2.24) is 4.90 Å². The lowest BCUT2D eigenvalue weighted by Crippen LogP contribution is -2.38. The molecular weight excluding hydrogens is 396 g/mol. The number of rotatable bonds is 8. The molecule has 6 heteroatoms. The molecule has 2 rings (SSSR count). The first-order valence-corrected chi connectivity index (χ1v) is 9.28. The van der Waals surface area contributed by atoms with Crippen molar-refractivity contribution in [2.24, 2.45) is 0 Å². The van der Waals surface area contributed by atoms with Gasteiger partial charge in [-0.15, -0.1) is 0 Å². The van der Waals surface area contributed by atoms with Gasteiger partial charge in [0.05, 0.1) is 19.3 Å². The zero-order chi connectivity index (χ0) is 18.9. The van der Waals surface area contributed by atoms with Crippen molar-refractivity contribution in [1.29, 1.82) is 0 Å². The predicted octanol–water partition coefficient (Wildman–Crippen LogP) is 3.88. The number of hydrogen-bond donors (Lipinski definition) is 1. The summed E-state index contributed by atoms with van der Waals surface area (Å²) in [5.41, 5.74) is 1.67. The summed E-state index contributed by atoms with van der Waals surface area (Å²) in [6, 6.07) is 15.0. The first-order chi connectivity index (χ1) is 12.5. The van der Waals surface area contributed by atoms with Gasteiger partial charge in [-0.05, 0) is 37.1 Å². The zero-order valence-electron chi connectivity index (χ0n) is 15.0. The van der Waals surface area contributed by atoms with Crippen LogP contribution in [0.4, 0.5) is 5.69 Å². The Morgan fingerprint density at radius 3 is 2.50 bits per heavy atom. The number of carbonyl (C=O) groups excluding carboxylic acids is 2. The molecule has 0 aliphatic carbocycles. The highest BCUT2D eigenvalue weighted by Crippen LogP contribution is 2.23. The van der Waals surface area contributed by atoms with Crippen LogP contribution in [0.3, 0.4) is 0 Å². The molecule has 0 fully saturated rings. The van der Waals surface area contributed by atoms with Gasteiger partial charge in [-0.2, -0.15) is 0 Å². The second-order valence-electron chi connectivity index (χ2n) is 5.75. The summed E-state index contributed by atoms with van der Waals surface area (Å²) in [4.78, 5) is 26.3. The van der Waals surface area contributed by atoms with Crippen molar-refractivity contribution in [2.45, 2.75) is 19.8 Å². The highest BCUT2D eigenvalue weighted by atomic mass is 79.9. The molecule has 5 nitrogen and oxygen atoms in total. The quantitative estimate of drug-likeness (QED) is 0.707. The number of aryl methyl sites for hydroxylation is 1. The number of ether oxygens (including phenoxy) is 1. The van der Waals surface area contributed by atoms with Gasteiger partial charge in [0, 0.05) is 17.4 Å². The maximum atomic E-state index is 12.5. The van der Waals surface area contributed by atoms with E-state index in [1.807, 2.05) is 43.3 Å². The van der Waals surface area contributed by atoms with Crippen LogP contribution in [-0.2, 0) is 16.0 Å². The molecule has 2 aromatic carbocycles. The monoisotopic (exact) mass is 418 g/mol. The lowest BCUT2D eigenvalue weighted by Gasteiger charge is -2.21. The molecule has 138 valence electrons. The van der Waals surface area contributed by atoms with E-state index in [-0.39, 0.29) is 18.4 Å². The third kappa shape index (κ3) is 5.59. The third-order valence-electron chi connectivity index (χ3n) is 4.02. The van der Waals surface area contributed by atoms with Gasteiger partial charge in [0.25, 0.3) is 0 Å². The Morgan fingerprint density at radius 2 is 1.81 bits per heavy atom. The number of likely N-dealkylation sites (N-methyl/N-ethyl adjacent to an activating group) is 1. The minimum Gasteiger partial charge on any atom is -0.495 e. The minimum absolute atomic E-state index is 0.0172. The summed E-state index contributed by atoms with van der Waals surface area (Å²) in [6.45, 7) is 2.37. The summed E-state index contributed by atoms with van der Waals surface area (Å²) in [5.74, 6) is 0.299. The van der Waals surface area contributed by atoms with Crippen molar-refractivity contribution in [3.05, 3.63) is 58.6 Å². The van der Waals surface area contributed by atoms with Gasteiger partial charge >= 0.3 is 0 Å². The Labute approximate surface area is 162 Å². The summed E-state index contributed by atoms with van der Waals surface area (Å²) >= 11 is 3.49. The summed E-state index contributed by atoms with van der Waals surface area (Å²) in [7, 11) is 1.55. The van der Waals surface area contributed by atoms with Gasteiger partial charge < -0.3 is 15.0 Å². The number of amides is 2. The molecule has 0 heterocycles. The minimum atomic E-state index is -0.245. The zero-order valence-corrected chi connectivity index (χ0v) is 16.6. The van der Waals surface area contributed by atoms with E-state index < -0.39 is 0 Å². The number of nitrogens with one attached hydrogen (secondary N) is 1. The van der Waals surface area contributed by atoms with E-state index in [0.29, 0.717) is 30.8 Å². The average Bonchev–Trinajstić information content (AvgIpc) is 2.65. The van der Waals surface area contributed by atoms with E-state index in [1.165, 1.54) is 0 Å². The van der Waals surface area contributed by atoms with E-state index in [0.717, 1.165) is 10.0 Å². The fourth-order valence-corrected chi connectivity index (χ4v) is 3.07. The van der Waals surface area contributed by atoms with E-state index in [2.05, 4.69) is 21.2 Å². The standard InChI is InChI=1S/C20H23BrN2O3/c1-3-23(20(25)13-12-15-8-4-5-9-16(15)21)14-19(24)22-17-10-6-7-11-18(17)26-2/h4-11H,3,12-14H2,1-2H3,(H,22,24). The van der Waals surface area contributed by atoms with Gasteiger partial charge in [0.15, 0.2) is 0 Å². The van der Waals surface area contributed by atoms with E-state index in [4.69, 9.17) is 4.74 Å². The van der Waals surface area contributed by atoms with Gasteiger partial charge in [0.1, 0.15) is 5.75 Å². The maximum Gasteiger partial charge on any atom is 0.244 e. The molecule has 0 bridgehead atoms. The van der Waals surface area contributed by atoms with Crippen LogP contribution in [-0.4, -0.2) is 36.9 Å². The topological polar surface area (TPSA) is 58.6 Å². The number of nitrogens with zero attached hydrogens (tertiary/aromatic N) is 1. The fraction of sp³-hybridized carbons (Fsp3) is 0.300. The molecule has 0 saturated heterocycles. The van der Waals surface area contributed by atoms with Gasteiger partial charge in [-0.3, -0.25) is 9.59 Å². The molecule has 0 aliphatic heterocycles. The Kier molecular flexibility index (Phi) is 7.66. The van der Waals surface area contributed by atoms with Crippen molar-refractivity contribution >= 4 is 33.4 Å². The SMILES string of the molecule is CCN(CC(=O)Nc1ccccc1OC)C(=O)CCc1ccccc1Br. The molecule has 0 saturated carbocycles. The normalized spacial score (nSPS) is 10.3. The number of carbonyl (C=O) groups is 2. The van der Waals surface area contributed by atoms with Crippen molar-refractivity contribution in [3.63, 3.8) is 0 Å². The summed E-state index contributed by atoms with van der Waals surface area (Å²) in [5, 5.41) is 2.80. The van der Waals surface area contributed by atoms with E-state index in [1.54, 1.807) is 24.1 Å². The molecule has 1 N–H and O–H groups in total. The maximum absolute atomic E-state index is 12.5. The highest BCUT2D eigenvalue weighted by molar-refractivity contribution is 9.10. The molecule has 0 unspecified atom stereocenters. The number of halogens is 1. The van der Waals surface area contributed by atoms with Crippen molar-refractivity contribution in [3.8, 4) is 5.75 Å². The van der Waals surface area contributed by atoms with Gasteiger partial charge in [-0.1, -0.05) is 46.3 Å². The van der Waals surface area contributed by atoms with Crippen LogP contribution in [0.1, 0.15) is 18.9 Å². The van der Waals surface area contributed by atoms with Crippen LogP contribution in [0.5, 0.6) is 5.75 Å². The molecule has 0 radical (unpaired) electrons. The second-order valence-corrected chi connectivity index (χ2v) is 6.60. The first-order valence-electron chi connectivity index (χ1n) is 8.49. The lowest BCUT2D eigenvalue weighted by atomic mass is 10.1. The largest absolute Gasteiger partial charge is 0.495 e. The van der Waals surface area contributed by atoms with Crippen molar-refractivity contribution < 1.29 is 14.3 Å². The van der Waals surface area contributed by atoms with Crippen LogP contribution >= 0.6 is 15.9 Å². The second kappa shape index (κ2) is 9.97. The average molecular weight is 419 g/mol. The van der Waals surface area contributed by atoms with Crippen LogP contribution in [0.15, 0.2) is 53.0 Å². The molecule has 0 aromatic heterocycles. The number of methoxy groups -OCH3 is 1. The van der Waals surface area contributed by atoms with E-state index in [9.17, 15) is 9.59 Å². The fourth-order valence-electron chi connectivity index (χ4n) is 2.59. The van der Waals surface area contributed by atoms with Crippen molar-refractivity contribution in [2.75, 3.05) is 25.5 Å². The summed E-state index contributed by atoms with van der Waals surface area (Å²) < 4.78 is 6.21. The van der Waals surface area contributed by atoms with Crippen LogP contribution in [0.2, 0.25) is 0 Å². The molecule has 0 aliphatic rings. The van der Waals surface area contributed by atoms with Crippen LogP contribution < -0.4 is 10.1 Å². The highest BCUT2D eigenvalue weighted by Gasteiger charge is 2.17. The Balaban J connectivity index is 1.92. The molecule has 0 atom stereocenters. The number of hydrogen-bond acceptors (Lipinski definition) is 3. The lowest BCUT2D eigenvalue weighted by molar-refractivity contribution is -0.134. The molecule has 2 amide bonds. The van der Waals surface area contributed by atoms with Gasteiger partial charge in [-0.25, -0.2) is 0 Å². The molecule has 2 aromatic rings. The van der Waals surface area contributed by atoms with E-state index >= 15 is 0 Å². The third-order valence-corrected chi connectivity index (χ3v) is 4.79. The number of benzene rings is 2. The Hall–Kier alpha value is -2.34. The Morgan fingerprint density at radius 1 is 1.12 bits per heavy atom. The summed E-state index contributed by atoms with van der Waals surface area (Å²) in [6.07, 6.45) is 0.989. The number of anilines is 1. The van der Waals surface area contributed by atoms with Gasteiger partial charge in [0.2, 0.25) is 11.8 Å². The first kappa shape index (κ1) is 20.0. The molecular formula is C20H23BrN2O3. The predicted molar refractivity (Wildman–Crippen MR) is 106 cm³/mol.